The van der Waals surface area contributed by atoms with Gasteiger partial charge in [-0.05, 0) is 48.4 Å². The first kappa shape index (κ1) is 19.6. The van der Waals surface area contributed by atoms with Crippen molar-refractivity contribution in [3.8, 4) is 11.1 Å². The van der Waals surface area contributed by atoms with Crippen LogP contribution in [0.3, 0.4) is 0 Å². The molecule has 0 N–H and O–H groups in total. The van der Waals surface area contributed by atoms with Crippen molar-refractivity contribution in [2.24, 2.45) is 0 Å². The van der Waals surface area contributed by atoms with Gasteiger partial charge in [0.15, 0.2) is 0 Å². The van der Waals surface area contributed by atoms with E-state index in [4.69, 9.17) is 0 Å². The average molecular weight is 410 g/mol. The van der Waals surface area contributed by atoms with Crippen LogP contribution in [-0.4, -0.2) is 27.6 Å². The minimum absolute atomic E-state index is 0.256. The zero-order valence-corrected chi connectivity index (χ0v) is 16.2. The van der Waals surface area contributed by atoms with Crippen molar-refractivity contribution < 1.29 is 18.0 Å². The summed E-state index contributed by atoms with van der Waals surface area (Å²) in [6.07, 6.45) is 0.500. The van der Waals surface area contributed by atoms with Crippen LogP contribution in [-0.2, 0) is 6.18 Å². The lowest BCUT2D eigenvalue weighted by Gasteiger charge is -2.16. The van der Waals surface area contributed by atoms with E-state index >= 15 is 0 Å². The Balaban J connectivity index is 1.69. The standard InChI is InChI=1S/C22H17F3N4O/c1-14-3-8-20(26-12-14)28(2)21(30)16-9-10-29-19(11-16)18(13-27-29)15-4-6-17(7-5-15)22(23,24)25/h3-13H,1-2H3. The fourth-order valence-electron chi connectivity index (χ4n) is 3.13. The summed E-state index contributed by atoms with van der Waals surface area (Å²) < 4.78 is 40.1. The number of amides is 1. The van der Waals surface area contributed by atoms with Crippen molar-refractivity contribution in [1.82, 2.24) is 14.6 Å². The Morgan fingerprint density at radius 3 is 2.40 bits per heavy atom. The molecule has 0 saturated carbocycles. The molecule has 1 aromatic carbocycles. The summed E-state index contributed by atoms with van der Waals surface area (Å²) in [6.45, 7) is 1.91. The number of pyridine rings is 2. The number of carbonyl (C=O) groups excluding carboxylic acids is 1. The lowest BCUT2D eigenvalue weighted by atomic mass is 10.0. The SMILES string of the molecule is Cc1ccc(N(C)C(=O)c2ccn3ncc(-c4ccc(C(F)(F)F)cc4)c3c2)nc1. The van der Waals surface area contributed by atoms with Crippen molar-refractivity contribution in [2.75, 3.05) is 11.9 Å². The average Bonchev–Trinajstić information content (AvgIpc) is 3.16. The Kier molecular flexibility index (Phi) is 4.77. The van der Waals surface area contributed by atoms with E-state index in [2.05, 4.69) is 10.1 Å². The number of hydrogen-bond donors (Lipinski definition) is 0. The van der Waals surface area contributed by atoms with Crippen LogP contribution in [0.5, 0.6) is 0 Å². The Morgan fingerprint density at radius 2 is 1.77 bits per heavy atom. The molecule has 4 aromatic rings. The van der Waals surface area contributed by atoms with Crippen molar-refractivity contribution in [3.63, 3.8) is 0 Å². The Morgan fingerprint density at radius 1 is 1.03 bits per heavy atom. The second kappa shape index (κ2) is 7.29. The number of halogens is 3. The highest BCUT2D eigenvalue weighted by Crippen LogP contribution is 2.32. The number of carbonyl (C=O) groups is 1. The van der Waals surface area contributed by atoms with E-state index < -0.39 is 11.7 Å². The summed E-state index contributed by atoms with van der Waals surface area (Å²) in [4.78, 5) is 18.6. The molecule has 0 aliphatic carbocycles. The van der Waals surface area contributed by atoms with Crippen molar-refractivity contribution in [3.05, 3.63) is 83.8 Å². The molecule has 1 amide bonds. The summed E-state index contributed by atoms with van der Waals surface area (Å²) in [5.74, 6) is 0.260. The number of aryl methyl sites for hydroxylation is 1. The Labute approximate surface area is 170 Å². The summed E-state index contributed by atoms with van der Waals surface area (Å²) in [5, 5.41) is 4.24. The number of aromatic nitrogens is 3. The third-order valence-corrected chi connectivity index (χ3v) is 4.84. The molecule has 8 heteroatoms. The molecule has 30 heavy (non-hydrogen) atoms. The van der Waals surface area contributed by atoms with E-state index in [0.717, 1.165) is 17.7 Å². The van der Waals surface area contributed by atoms with Gasteiger partial charge in [-0.1, -0.05) is 18.2 Å². The third-order valence-electron chi connectivity index (χ3n) is 4.84. The van der Waals surface area contributed by atoms with Crippen LogP contribution in [0.15, 0.2) is 67.1 Å². The number of nitrogens with zero attached hydrogens (tertiary/aromatic N) is 4. The van der Waals surface area contributed by atoms with Crippen molar-refractivity contribution >= 4 is 17.2 Å². The van der Waals surface area contributed by atoms with Crippen LogP contribution in [0.25, 0.3) is 16.6 Å². The molecule has 0 saturated heterocycles. The molecular formula is C22H17F3N4O. The van der Waals surface area contributed by atoms with Gasteiger partial charge in [0.05, 0.1) is 17.3 Å². The van der Waals surface area contributed by atoms with Crippen LogP contribution in [0.2, 0.25) is 0 Å². The first-order valence-electron chi connectivity index (χ1n) is 9.10. The molecule has 4 rings (SSSR count). The highest BCUT2D eigenvalue weighted by Gasteiger charge is 2.30. The predicted molar refractivity (Wildman–Crippen MR) is 107 cm³/mol. The lowest BCUT2D eigenvalue weighted by Crippen LogP contribution is -2.27. The molecule has 0 spiro atoms. The van der Waals surface area contributed by atoms with Gasteiger partial charge in [0.25, 0.3) is 5.91 Å². The quantitative estimate of drug-likeness (QED) is 0.478. The molecule has 3 heterocycles. The van der Waals surface area contributed by atoms with E-state index in [-0.39, 0.29) is 5.91 Å². The second-order valence-corrected chi connectivity index (χ2v) is 6.94. The molecule has 5 nitrogen and oxygen atoms in total. The van der Waals surface area contributed by atoms with Gasteiger partial charge in [0, 0.05) is 30.6 Å². The summed E-state index contributed by atoms with van der Waals surface area (Å²) in [6, 6.07) is 11.8. The third kappa shape index (κ3) is 3.63. The maximum absolute atomic E-state index is 12.9. The van der Waals surface area contributed by atoms with Crippen LogP contribution in [0.4, 0.5) is 19.0 Å². The largest absolute Gasteiger partial charge is 0.416 e. The smallest absolute Gasteiger partial charge is 0.296 e. The van der Waals surface area contributed by atoms with E-state index in [1.54, 1.807) is 48.4 Å². The monoisotopic (exact) mass is 410 g/mol. The number of alkyl halides is 3. The molecule has 0 radical (unpaired) electrons. The van der Waals surface area contributed by atoms with Gasteiger partial charge in [-0.3, -0.25) is 9.69 Å². The molecule has 0 fully saturated rings. The molecule has 3 aromatic heterocycles. The minimum Gasteiger partial charge on any atom is -0.296 e. The summed E-state index contributed by atoms with van der Waals surface area (Å²) in [5.41, 5.74) is 2.52. The van der Waals surface area contributed by atoms with Crippen LogP contribution < -0.4 is 4.90 Å². The van der Waals surface area contributed by atoms with Gasteiger partial charge in [-0.15, -0.1) is 0 Å². The van der Waals surface area contributed by atoms with Gasteiger partial charge in [0.1, 0.15) is 5.82 Å². The van der Waals surface area contributed by atoms with Gasteiger partial charge < -0.3 is 0 Å². The Hall–Kier alpha value is -3.68. The Bertz CT molecular complexity index is 1210. The van der Waals surface area contributed by atoms with Crippen molar-refractivity contribution in [1.29, 1.82) is 0 Å². The molecule has 0 aliphatic heterocycles. The molecule has 0 aliphatic rings. The zero-order chi connectivity index (χ0) is 21.5. The number of anilines is 1. The number of hydrogen-bond acceptors (Lipinski definition) is 3. The second-order valence-electron chi connectivity index (χ2n) is 6.94. The van der Waals surface area contributed by atoms with Gasteiger partial charge in [-0.2, -0.15) is 18.3 Å². The van der Waals surface area contributed by atoms with Gasteiger partial charge >= 0.3 is 6.18 Å². The number of fused-ring (bicyclic) bond motifs is 1. The highest BCUT2D eigenvalue weighted by atomic mass is 19.4. The number of benzene rings is 1. The topological polar surface area (TPSA) is 50.5 Å². The summed E-state index contributed by atoms with van der Waals surface area (Å²) >= 11 is 0. The number of rotatable bonds is 3. The fraction of sp³-hybridized carbons (Fsp3) is 0.136. The van der Waals surface area contributed by atoms with E-state index in [1.807, 2.05) is 13.0 Å². The normalized spacial score (nSPS) is 11.6. The first-order valence-corrected chi connectivity index (χ1v) is 9.10. The first-order chi connectivity index (χ1) is 14.2. The van der Waals surface area contributed by atoms with Crippen LogP contribution in [0.1, 0.15) is 21.5 Å². The molecule has 0 atom stereocenters. The minimum atomic E-state index is -4.40. The van der Waals surface area contributed by atoms with E-state index in [1.165, 1.54) is 17.0 Å². The van der Waals surface area contributed by atoms with E-state index in [9.17, 15) is 18.0 Å². The highest BCUT2D eigenvalue weighted by molar-refractivity contribution is 6.06. The predicted octanol–water partition coefficient (Wildman–Crippen LogP) is 5.00. The molecule has 0 bridgehead atoms. The van der Waals surface area contributed by atoms with Crippen LogP contribution in [0, 0.1) is 6.92 Å². The van der Waals surface area contributed by atoms with E-state index in [0.29, 0.717) is 28.0 Å². The fourth-order valence-corrected chi connectivity index (χ4v) is 3.13. The van der Waals surface area contributed by atoms with Crippen LogP contribution >= 0.6 is 0 Å². The molecular weight excluding hydrogens is 393 g/mol. The maximum atomic E-state index is 12.9. The zero-order valence-electron chi connectivity index (χ0n) is 16.2. The molecule has 152 valence electrons. The van der Waals surface area contributed by atoms with Gasteiger partial charge in [-0.25, -0.2) is 9.50 Å². The van der Waals surface area contributed by atoms with Gasteiger partial charge in [0.2, 0.25) is 0 Å². The maximum Gasteiger partial charge on any atom is 0.416 e. The lowest BCUT2D eigenvalue weighted by molar-refractivity contribution is -0.137. The van der Waals surface area contributed by atoms with Crippen molar-refractivity contribution in [2.45, 2.75) is 13.1 Å². The molecule has 0 unspecified atom stereocenters. The summed E-state index contributed by atoms with van der Waals surface area (Å²) in [7, 11) is 1.64.